The summed E-state index contributed by atoms with van der Waals surface area (Å²) < 4.78 is 8.07. The van der Waals surface area contributed by atoms with E-state index >= 15 is 0 Å². The van der Waals surface area contributed by atoms with Crippen LogP contribution in [0, 0.1) is 0 Å². The maximum atomic E-state index is 11.5. The van der Waals surface area contributed by atoms with Gasteiger partial charge in [-0.3, -0.25) is 4.90 Å². The number of hydrogen-bond donors (Lipinski definition) is 1. The zero-order valence-electron chi connectivity index (χ0n) is 18.3. The van der Waals surface area contributed by atoms with Gasteiger partial charge in [0.25, 0.3) is 0 Å². The second-order valence-corrected chi connectivity index (χ2v) is 8.46. The van der Waals surface area contributed by atoms with E-state index in [9.17, 15) is 4.79 Å². The van der Waals surface area contributed by atoms with Crippen LogP contribution in [0.4, 0.5) is 11.4 Å². The smallest absolute Gasteiger partial charge is 0.148 e. The molecule has 1 unspecified atom stereocenters. The van der Waals surface area contributed by atoms with Crippen molar-refractivity contribution in [3.63, 3.8) is 0 Å². The fourth-order valence-electron chi connectivity index (χ4n) is 4.64. The van der Waals surface area contributed by atoms with Gasteiger partial charge in [-0.05, 0) is 55.8 Å². The first kappa shape index (κ1) is 20.6. The molecule has 1 aromatic heterocycles. The minimum Gasteiger partial charge on any atom is -0.494 e. The molecule has 0 aliphatic carbocycles. The van der Waals surface area contributed by atoms with Crippen molar-refractivity contribution in [1.29, 1.82) is 0 Å². The maximum Gasteiger partial charge on any atom is 0.148 e. The van der Waals surface area contributed by atoms with E-state index in [1.165, 1.54) is 5.69 Å². The summed E-state index contributed by atoms with van der Waals surface area (Å²) in [6.45, 7) is 6.24. The maximum absolute atomic E-state index is 11.5. The second kappa shape index (κ2) is 9.49. The van der Waals surface area contributed by atoms with E-state index in [2.05, 4.69) is 56.1 Å². The number of nitrogens with one attached hydrogen (secondary N) is 1. The van der Waals surface area contributed by atoms with Gasteiger partial charge >= 0.3 is 0 Å². The molecule has 32 heavy (non-hydrogen) atoms. The zero-order chi connectivity index (χ0) is 21.8. The molecule has 0 saturated carbocycles. The standard InChI is InChI=1S/C26H30N4O2/c31-20-24-25-9-6-13-30(25)26-11-10-22(19-23(26)27-24)32-18-5-4-12-28-14-16-29(17-15-28)21-7-2-1-3-8-21/h1-3,6-11,13,19-20,24,27H,4-5,12,14-18H2. The summed E-state index contributed by atoms with van der Waals surface area (Å²) in [7, 11) is 0. The van der Waals surface area contributed by atoms with Crippen LogP contribution in [0.25, 0.3) is 5.69 Å². The van der Waals surface area contributed by atoms with Gasteiger partial charge in [-0.25, -0.2) is 0 Å². The van der Waals surface area contributed by atoms with Gasteiger partial charge in [0.15, 0.2) is 0 Å². The van der Waals surface area contributed by atoms with Crippen molar-refractivity contribution in [2.45, 2.75) is 18.9 Å². The summed E-state index contributed by atoms with van der Waals surface area (Å²) in [5, 5.41) is 3.31. The van der Waals surface area contributed by atoms with E-state index in [1.54, 1.807) is 0 Å². The van der Waals surface area contributed by atoms with E-state index in [-0.39, 0.29) is 6.04 Å². The van der Waals surface area contributed by atoms with Crippen LogP contribution >= 0.6 is 0 Å². The molecule has 1 N–H and O–H groups in total. The van der Waals surface area contributed by atoms with Crippen LogP contribution in [0.5, 0.6) is 5.75 Å². The van der Waals surface area contributed by atoms with Crippen molar-refractivity contribution < 1.29 is 9.53 Å². The van der Waals surface area contributed by atoms with Crippen LogP contribution in [0.3, 0.4) is 0 Å². The molecule has 6 heteroatoms. The number of aldehydes is 1. The lowest BCUT2D eigenvalue weighted by Crippen LogP contribution is -2.46. The van der Waals surface area contributed by atoms with Gasteiger partial charge in [0.2, 0.25) is 0 Å². The third-order valence-electron chi connectivity index (χ3n) is 6.40. The first-order chi connectivity index (χ1) is 15.8. The number of benzene rings is 2. The Morgan fingerprint density at radius 3 is 2.62 bits per heavy atom. The molecule has 6 nitrogen and oxygen atoms in total. The van der Waals surface area contributed by atoms with Crippen molar-refractivity contribution in [1.82, 2.24) is 9.47 Å². The van der Waals surface area contributed by atoms with Crippen molar-refractivity contribution in [3.8, 4) is 11.4 Å². The fourth-order valence-corrected chi connectivity index (χ4v) is 4.64. The number of ether oxygens (including phenoxy) is 1. The highest BCUT2D eigenvalue weighted by Gasteiger charge is 2.23. The van der Waals surface area contributed by atoms with Crippen molar-refractivity contribution >= 4 is 17.7 Å². The molecule has 3 heterocycles. The van der Waals surface area contributed by atoms with Crippen LogP contribution < -0.4 is 15.0 Å². The Labute approximate surface area is 189 Å². The summed E-state index contributed by atoms with van der Waals surface area (Å²) in [6.07, 6.45) is 5.10. The van der Waals surface area contributed by atoms with Gasteiger partial charge in [0.1, 0.15) is 18.1 Å². The second-order valence-electron chi connectivity index (χ2n) is 8.46. The number of carbonyl (C=O) groups excluding carboxylic acids is 1. The molecule has 1 atom stereocenters. The Morgan fingerprint density at radius 1 is 0.969 bits per heavy atom. The molecule has 1 saturated heterocycles. The summed E-state index contributed by atoms with van der Waals surface area (Å²) in [5.41, 5.74) is 4.27. The van der Waals surface area contributed by atoms with Crippen molar-refractivity contribution in [2.24, 2.45) is 0 Å². The third-order valence-corrected chi connectivity index (χ3v) is 6.40. The summed E-state index contributed by atoms with van der Waals surface area (Å²) in [4.78, 5) is 16.5. The molecule has 0 bridgehead atoms. The SMILES string of the molecule is O=CC1Nc2cc(OCCCCN3CCN(c4ccccc4)CC3)ccc2-n2cccc21. The van der Waals surface area contributed by atoms with Crippen LogP contribution in [0.15, 0.2) is 66.9 Å². The molecule has 0 spiro atoms. The molecule has 0 amide bonds. The number of hydrogen-bond acceptors (Lipinski definition) is 5. The number of anilines is 2. The van der Waals surface area contributed by atoms with E-state index in [4.69, 9.17) is 4.74 Å². The highest BCUT2D eigenvalue weighted by Crippen LogP contribution is 2.35. The summed E-state index contributed by atoms with van der Waals surface area (Å²) in [6, 6.07) is 20.4. The Kier molecular flexibility index (Phi) is 6.12. The molecule has 2 aliphatic heterocycles. The Morgan fingerprint density at radius 2 is 1.81 bits per heavy atom. The lowest BCUT2D eigenvalue weighted by molar-refractivity contribution is -0.108. The molecule has 1 fully saturated rings. The quantitative estimate of drug-likeness (QED) is 0.430. The number of rotatable bonds is 8. The van der Waals surface area contributed by atoms with Crippen molar-refractivity contribution in [3.05, 3.63) is 72.6 Å². The Bertz CT molecular complexity index is 1040. The van der Waals surface area contributed by atoms with Gasteiger partial charge in [-0.1, -0.05) is 18.2 Å². The first-order valence-corrected chi connectivity index (χ1v) is 11.5. The number of nitrogens with zero attached hydrogens (tertiary/aromatic N) is 3. The molecule has 0 radical (unpaired) electrons. The Balaban J connectivity index is 1.06. The highest BCUT2D eigenvalue weighted by atomic mass is 16.5. The van der Waals surface area contributed by atoms with Crippen LogP contribution in [0.2, 0.25) is 0 Å². The fraction of sp³-hybridized carbons (Fsp3) is 0.346. The summed E-state index contributed by atoms with van der Waals surface area (Å²) in [5.74, 6) is 0.841. The predicted molar refractivity (Wildman–Crippen MR) is 128 cm³/mol. The van der Waals surface area contributed by atoms with E-state index in [0.717, 1.165) is 74.7 Å². The number of unbranched alkanes of at least 4 members (excludes halogenated alkanes) is 1. The molecule has 2 aliphatic rings. The lowest BCUT2D eigenvalue weighted by Gasteiger charge is -2.36. The molecular weight excluding hydrogens is 400 g/mol. The average molecular weight is 431 g/mol. The van der Waals surface area contributed by atoms with Gasteiger partial charge < -0.3 is 24.3 Å². The molecule has 2 aromatic carbocycles. The number of carbonyl (C=O) groups is 1. The number of aromatic nitrogens is 1. The minimum atomic E-state index is -0.324. The number of fused-ring (bicyclic) bond motifs is 3. The molecule has 166 valence electrons. The van der Waals surface area contributed by atoms with Crippen LogP contribution in [-0.4, -0.2) is 55.1 Å². The Hall–Kier alpha value is -3.25. The normalized spacial score (nSPS) is 17.9. The van der Waals surface area contributed by atoms with E-state index < -0.39 is 0 Å². The molecular formula is C26H30N4O2. The van der Waals surface area contributed by atoms with Gasteiger partial charge in [0.05, 0.1) is 23.7 Å². The zero-order valence-corrected chi connectivity index (χ0v) is 18.3. The average Bonchev–Trinajstić information content (AvgIpc) is 3.34. The van der Waals surface area contributed by atoms with E-state index in [0.29, 0.717) is 6.61 Å². The highest BCUT2D eigenvalue weighted by molar-refractivity contribution is 5.75. The first-order valence-electron chi connectivity index (χ1n) is 11.5. The van der Waals surface area contributed by atoms with E-state index in [1.807, 2.05) is 30.5 Å². The van der Waals surface area contributed by atoms with Gasteiger partial charge in [0, 0.05) is 44.1 Å². The predicted octanol–water partition coefficient (Wildman–Crippen LogP) is 4.12. The molecule has 3 aromatic rings. The molecule has 5 rings (SSSR count). The topological polar surface area (TPSA) is 49.7 Å². The monoisotopic (exact) mass is 430 g/mol. The number of piperazine rings is 1. The van der Waals surface area contributed by atoms with Crippen LogP contribution in [-0.2, 0) is 4.79 Å². The largest absolute Gasteiger partial charge is 0.494 e. The third kappa shape index (κ3) is 4.36. The van der Waals surface area contributed by atoms with Crippen LogP contribution in [0.1, 0.15) is 24.6 Å². The van der Waals surface area contributed by atoms with Gasteiger partial charge in [-0.2, -0.15) is 0 Å². The lowest BCUT2D eigenvalue weighted by atomic mass is 10.1. The van der Waals surface area contributed by atoms with Crippen molar-refractivity contribution in [2.75, 3.05) is 49.5 Å². The summed E-state index contributed by atoms with van der Waals surface area (Å²) >= 11 is 0. The minimum absolute atomic E-state index is 0.324. The number of para-hydroxylation sites is 1. The van der Waals surface area contributed by atoms with Gasteiger partial charge in [-0.15, -0.1) is 0 Å².